The summed E-state index contributed by atoms with van der Waals surface area (Å²) >= 11 is 18.6. The van der Waals surface area contributed by atoms with Gasteiger partial charge in [0.1, 0.15) is 21.7 Å². The number of amides is 2. The molecule has 0 bridgehead atoms. The fourth-order valence-electron chi connectivity index (χ4n) is 4.83. The van der Waals surface area contributed by atoms with E-state index in [4.69, 9.17) is 34.8 Å². The summed E-state index contributed by atoms with van der Waals surface area (Å²) in [7, 11) is 0. The molecule has 2 atom stereocenters. The maximum Gasteiger partial charge on any atom is 0.419 e. The van der Waals surface area contributed by atoms with Gasteiger partial charge in [-0.3, -0.25) is 19.3 Å². The van der Waals surface area contributed by atoms with Crippen molar-refractivity contribution in [1.29, 1.82) is 0 Å². The molecule has 0 heterocycles. The molecule has 16 heteroatoms. The summed E-state index contributed by atoms with van der Waals surface area (Å²) in [6.07, 6.45) is -8.43. The Labute approximate surface area is 270 Å². The lowest BCUT2D eigenvalue weighted by Gasteiger charge is -2.23. The quantitative estimate of drug-likeness (QED) is 0.0992. The molecule has 1 aliphatic carbocycles. The molecular formula is C30H19Cl3F8N2O3. The molecule has 0 unspecified atom stereocenters. The van der Waals surface area contributed by atoms with E-state index in [9.17, 15) is 45.1 Å². The SMILES string of the molecule is C=CCN(C(=O)C(F)F)c1c(F)ccc(CC(=O)c2cc(NC(=O)[C@H]3[C@H](c4ccc(F)c(C(F)(F)F)c4)C3(Cl)Cl)ccc2Cl)c1F. The summed E-state index contributed by atoms with van der Waals surface area (Å²) in [5, 5.41) is 2.26. The molecule has 3 aromatic rings. The molecule has 0 aromatic heterocycles. The van der Waals surface area contributed by atoms with Crippen LogP contribution < -0.4 is 10.2 Å². The van der Waals surface area contributed by atoms with Crippen LogP contribution >= 0.6 is 34.8 Å². The van der Waals surface area contributed by atoms with E-state index >= 15 is 4.39 Å². The van der Waals surface area contributed by atoms with E-state index in [0.29, 0.717) is 18.2 Å². The lowest BCUT2D eigenvalue weighted by atomic mass is 10.0. The molecule has 5 nitrogen and oxygen atoms in total. The minimum Gasteiger partial charge on any atom is -0.326 e. The number of anilines is 2. The molecule has 46 heavy (non-hydrogen) atoms. The third-order valence-electron chi connectivity index (χ3n) is 7.06. The number of benzene rings is 3. The molecule has 244 valence electrons. The molecule has 0 saturated heterocycles. The van der Waals surface area contributed by atoms with E-state index in [1.165, 1.54) is 12.1 Å². The van der Waals surface area contributed by atoms with Gasteiger partial charge in [0.15, 0.2) is 11.6 Å². The van der Waals surface area contributed by atoms with Crippen molar-refractivity contribution in [2.75, 3.05) is 16.8 Å². The Bertz CT molecular complexity index is 1730. The normalized spacial score (nSPS) is 17.0. The second kappa shape index (κ2) is 13.2. The van der Waals surface area contributed by atoms with E-state index in [-0.39, 0.29) is 26.7 Å². The Hall–Kier alpha value is -3.68. The maximum atomic E-state index is 15.4. The molecule has 0 spiro atoms. The van der Waals surface area contributed by atoms with Crippen molar-refractivity contribution in [3.05, 3.63) is 106 Å². The number of halogens is 11. The number of rotatable bonds is 10. The summed E-state index contributed by atoms with van der Waals surface area (Å²) in [5.41, 5.74) is -3.62. The van der Waals surface area contributed by atoms with Crippen molar-refractivity contribution in [2.45, 2.75) is 29.3 Å². The molecule has 1 aliphatic rings. The van der Waals surface area contributed by atoms with Crippen LogP contribution in [0.4, 0.5) is 46.5 Å². The largest absolute Gasteiger partial charge is 0.419 e. The Morgan fingerprint density at radius 3 is 2.26 bits per heavy atom. The highest BCUT2D eigenvalue weighted by Gasteiger charge is 2.67. The van der Waals surface area contributed by atoms with Crippen LogP contribution in [0.25, 0.3) is 0 Å². The second-order valence-corrected chi connectivity index (χ2v) is 11.9. The number of alkyl halides is 7. The highest BCUT2D eigenvalue weighted by atomic mass is 35.5. The zero-order valence-corrected chi connectivity index (χ0v) is 25.1. The summed E-state index contributed by atoms with van der Waals surface area (Å²) in [5.74, 6) is -10.4. The van der Waals surface area contributed by atoms with Crippen LogP contribution in [0.2, 0.25) is 5.02 Å². The molecule has 4 rings (SSSR count). The van der Waals surface area contributed by atoms with E-state index < -0.39 is 93.6 Å². The standard InChI is InChI=1S/C30H19Cl3F8N2O3/c1-2-9-43(28(46)26(37)38)25-20(35)8-4-14(24(25)36)11-21(44)16-12-15(5-6-18(16)31)42-27(45)23-22(29(23,32)33)13-3-7-19(34)17(10-13)30(39,40)41/h2-8,10,12,22-23,26H,1,9,11H2,(H,42,45)/t22-,23+/m0/s1. The van der Waals surface area contributed by atoms with Crippen LogP contribution in [0.15, 0.2) is 61.2 Å². The number of Topliss-reactive ketones (excluding diaryl/α,β-unsaturated/α-hetero) is 1. The van der Waals surface area contributed by atoms with E-state index in [0.717, 1.165) is 24.3 Å². The average molecular weight is 714 g/mol. The predicted octanol–water partition coefficient (Wildman–Crippen LogP) is 8.51. The summed E-state index contributed by atoms with van der Waals surface area (Å²) in [6, 6.07) is 7.20. The maximum absolute atomic E-state index is 15.4. The molecule has 1 saturated carbocycles. The van der Waals surface area contributed by atoms with Crippen molar-refractivity contribution in [3.63, 3.8) is 0 Å². The van der Waals surface area contributed by atoms with Gasteiger partial charge < -0.3 is 5.32 Å². The lowest BCUT2D eigenvalue weighted by molar-refractivity contribution is -0.140. The third-order valence-corrected chi connectivity index (χ3v) is 8.33. The monoisotopic (exact) mass is 712 g/mol. The first-order chi connectivity index (χ1) is 21.4. The van der Waals surface area contributed by atoms with Crippen molar-refractivity contribution in [3.8, 4) is 0 Å². The molecule has 1 fully saturated rings. The number of nitrogens with zero attached hydrogens (tertiary/aromatic N) is 1. The van der Waals surface area contributed by atoms with E-state index in [1.54, 1.807) is 0 Å². The zero-order chi connectivity index (χ0) is 34.3. The minimum absolute atomic E-state index is 0.0532. The van der Waals surface area contributed by atoms with E-state index in [1.807, 2.05) is 0 Å². The van der Waals surface area contributed by atoms with Crippen LogP contribution in [0, 0.1) is 23.4 Å². The molecule has 0 radical (unpaired) electrons. The third kappa shape index (κ3) is 7.01. The first-order valence-electron chi connectivity index (χ1n) is 13.0. The zero-order valence-electron chi connectivity index (χ0n) is 22.9. The van der Waals surface area contributed by atoms with Gasteiger partial charge in [-0.15, -0.1) is 29.8 Å². The Morgan fingerprint density at radius 1 is 1.00 bits per heavy atom. The van der Waals surface area contributed by atoms with Crippen LogP contribution in [0.3, 0.4) is 0 Å². The van der Waals surface area contributed by atoms with Crippen molar-refractivity contribution in [1.82, 2.24) is 0 Å². The summed E-state index contributed by atoms with van der Waals surface area (Å²) in [6.45, 7) is 2.62. The molecule has 3 aromatic carbocycles. The Balaban J connectivity index is 1.56. The fraction of sp³-hybridized carbons (Fsp3) is 0.233. The van der Waals surface area contributed by atoms with Gasteiger partial charge in [0.2, 0.25) is 5.91 Å². The average Bonchev–Trinajstić information content (AvgIpc) is 3.55. The summed E-state index contributed by atoms with van der Waals surface area (Å²) < 4.78 is 108. The molecule has 2 amide bonds. The first-order valence-corrected chi connectivity index (χ1v) is 14.1. The Morgan fingerprint density at radius 2 is 1.65 bits per heavy atom. The molecule has 1 N–H and O–H groups in total. The van der Waals surface area contributed by atoms with E-state index in [2.05, 4.69) is 11.9 Å². The number of hydrogen-bond acceptors (Lipinski definition) is 3. The van der Waals surface area contributed by atoms with Gasteiger partial charge in [-0.25, -0.2) is 13.2 Å². The summed E-state index contributed by atoms with van der Waals surface area (Å²) in [4.78, 5) is 38.3. The number of carbonyl (C=O) groups excluding carboxylic acids is 3. The van der Waals surface area contributed by atoms with Crippen LogP contribution in [0.5, 0.6) is 0 Å². The molecule has 0 aliphatic heterocycles. The van der Waals surface area contributed by atoms with Crippen LogP contribution in [0.1, 0.15) is 33.0 Å². The lowest BCUT2D eigenvalue weighted by Crippen LogP contribution is -2.37. The van der Waals surface area contributed by atoms with Gasteiger partial charge >= 0.3 is 12.6 Å². The minimum atomic E-state index is -5.02. The fourth-order valence-corrected chi connectivity index (χ4v) is 5.88. The van der Waals surface area contributed by atoms with Crippen LogP contribution in [-0.4, -0.2) is 34.9 Å². The number of hydrogen-bond donors (Lipinski definition) is 1. The molecular weight excluding hydrogens is 695 g/mol. The van der Waals surface area contributed by atoms with Gasteiger partial charge in [0.05, 0.1) is 16.5 Å². The van der Waals surface area contributed by atoms with Gasteiger partial charge in [0.25, 0.3) is 5.91 Å². The number of nitrogens with one attached hydrogen (secondary N) is 1. The highest BCUT2D eigenvalue weighted by molar-refractivity contribution is 6.53. The highest BCUT2D eigenvalue weighted by Crippen LogP contribution is 2.65. The van der Waals surface area contributed by atoms with Gasteiger partial charge in [0, 0.05) is 30.1 Å². The first kappa shape index (κ1) is 35.2. The van der Waals surface area contributed by atoms with Crippen LogP contribution in [-0.2, 0) is 22.2 Å². The van der Waals surface area contributed by atoms with Gasteiger partial charge in [-0.2, -0.15) is 22.0 Å². The van der Waals surface area contributed by atoms with Crippen molar-refractivity contribution >= 4 is 63.8 Å². The second-order valence-electron chi connectivity index (χ2n) is 10.1. The van der Waals surface area contributed by atoms with Crippen molar-refractivity contribution < 1.29 is 49.5 Å². The topological polar surface area (TPSA) is 66.5 Å². The number of ketones is 1. The van der Waals surface area contributed by atoms with Gasteiger partial charge in [-0.1, -0.05) is 29.8 Å². The smallest absolute Gasteiger partial charge is 0.326 e. The number of carbonyl (C=O) groups is 3. The Kier molecular flexibility index (Phi) is 10.1. The van der Waals surface area contributed by atoms with Crippen molar-refractivity contribution in [2.24, 2.45) is 5.92 Å². The predicted molar refractivity (Wildman–Crippen MR) is 155 cm³/mol. The van der Waals surface area contributed by atoms with Gasteiger partial charge in [-0.05, 0) is 47.5 Å².